The van der Waals surface area contributed by atoms with Crippen LogP contribution in [0, 0.1) is 0 Å². The molecule has 2 rings (SSSR count). The standard InChI is InChI=1S/2C8H11NO.2ClH.Zr/c2*1-9(2)7-5-3-4-6-8(7)10;;;/h2*3-6,10H,1-2H3;2*1H;. The number of hydrogen-bond acceptors (Lipinski definition) is 4. The Hall–Kier alpha value is -0.897. The van der Waals surface area contributed by atoms with Gasteiger partial charge in [-0.05, 0) is 24.3 Å². The molecule has 0 aliphatic carbocycles. The predicted octanol–water partition coefficient (Wildman–Crippen LogP) is 3.76. The van der Waals surface area contributed by atoms with Crippen LogP contribution in [0.25, 0.3) is 0 Å². The maximum atomic E-state index is 9.24. The zero-order valence-electron chi connectivity index (χ0n) is 13.7. The number of para-hydroxylation sites is 4. The van der Waals surface area contributed by atoms with Gasteiger partial charge >= 0.3 is 0 Å². The fourth-order valence-electron chi connectivity index (χ4n) is 1.68. The van der Waals surface area contributed by atoms with E-state index in [0.717, 1.165) is 11.4 Å². The molecule has 0 atom stereocenters. The molecular weight excluding hydrogens is 414 g/mol. The fourth-order valence-corrected chi connectivity index (χ4v) is 1.68. The van der Waals surface area contributed by atoms with E-state index in [-0.39, 0.29) is 51.0 Å². The third-order valence-corrected chi connectivity index (χ3v) is 2.73. The van der Waals surface area contributed by atoms with E-state index in [9.17, 15) is 10.2 Å². The van der Waals surface area contributed by atoms with Gasteiger partial charge in [-0.3, -0.25) is 0 Å². The SMILES string of the molecule is CN(C)c1ccccc1O.CN(C)c1ccccc1O.Cl.Cl.[Zr]. The van der Waals surface area contributed by atoms with Gasteiger partial charge in [-0.1, -0.05) is 24.3 Å². The zero-order chi connectivity index (χ0) is 15.1. The molecule has 0 aromatic heterocycles. The Labute approximate surface area is 170 Å². The Morgan fingerprint density at radius 1 is 0.609 bits per heavy atom. The summed E-state index contributed by atoms with van der Waals surface area (Å²) < 4.78 is 0. The molecule has 2 aromatic carbocycles. The van der Waals surface area contributed by atoms with Crippen LogP contribution in [0.2, 0.25) is 0 Å². The Bertz CT molecular complexity index is 506. The quantitative estimate of drug-likeness (QED) is 0.750. The maximum absolute atomic E-state index is 9.24. The largest absolute Gasteiger partial charge is 0.506 e. The summed E-state index contributed by atoms with van der Waals surface area (Å²) in [6.45, 7) is 0. The summed E-state index contributed by atoms with van der Waals surface area (Å²) >= 11 is 0. The third kappa shape index (κ3) is 9.09. The molecule has 128 valence electrons. The van der Waals surface area contributed by atoms with Gasteiger partial charge in [-0.25, -0.2) is 0 Å². The van der Waals surface area contributed by atoms with Gasteiger partial charge in [0.05, 0.1) is 11.4 Å². The van der Waals surface area contributed by atoms with Crippen molar-refractivity contribution >= 4 is 36.2 Å². The molecule has 23 heavy (non-hydrogen) atoms. The maximum Gasteiger partial charge on any atom is 0.138 e. The van der Waals surface area contributed by atoms with Crippen molar-refractivity contribution in [1.29, 1.82) is 0 Å². The van der Waals surface area contributed by atoms with Crippen molar-refractivity contribution in [3.8, 4) is 11.5 Å². The summed E-state index contributed by atoms with van der Waals surface area (Å²) in [5, 5.41) is 18.5. The van der Waals surface area contributed by atoms with Crippen molar-refractivity contribution < 1.29 is 36.4 Å². The monoisotopic (exact) mass is 436 g/mol. The second kappa shape index (κ2) is 13.5. The van der Waals surface area contributed by atoms with Gasteiger partial charge in [0.1, 0.15) is 11.5 Å². The first-order valence-electron chi connectivity index (χ1n) is 6.34. The molecule has 0 heterocycles. The molecule has 0 unspecified atom stereocenters. The minimum Gasteiger partial charge on any atom is -0.506 e. The van der Waals surface area contributed by atoms with E-state index in [1.807, 2.05) is 74.4 Å². The summed E-state index contributed by atoms with van der Waals surface area (Å²) in [6.07, 6.45) is 0. The van der Waals surface area contributed by atoms with Crippen molar-refractivity contribution in [3.05, 3.63) is 48.5 Å². The normalized spacial score (nSPS) is 8.17. The van der Waals surface area contributed by atoms with Crippen LogP contribution in [0.1, 0.15) is 0 Å². The number of phenolic OH excluding ortho intramolecular Hbond substituents is 2. The van der Waals surface area contributed by atoms with Crippen LogP contribution in [0.5, 0.6) is 11.5 Å². The summed E-state index contributed by atoms with van der Waals surface area (Å²) in [7, 11) is 7.59. The van der Waals surface area contributed by atoms with Crippen LogP contribution in [0.3, 0.4) is 0 Å². The number of rotatable bonds is 2. The smallest absolute Gasteiger partial charge is 0.138 e. The number of phenols is 2. The predicted molar refractivity (Wildman–Crippen MR) is 99.4 cm³/mol. The summed E-state index contributed by atoms with van der Waals surface area (Å²) in [4.78, 5) is 3.74. The van der Waals surface area contributed by atoms with Gasteiger partial charge in [0.2, 0.25) is 0 Å². The Kier molecular flexibility index (Phi) is 15.9. The van der Waals surface area contributed by atoms with Crippen LogP contribution in [0.4, 0.5) is 11.4 Å². The van der Waals surface area contributed by atoms with Crippen molar-refractivity contribution in [2.24, 2.45) is 0 Å². The van der Waals surface area contributed by atoms with Crippen molar-refractivity contribution in [2.75, 3.05) is 38.0 Å². The number of nitrogens with zero attached hydrogens (tertiary/aromatic N) is 2. The topological polar surface area (TPSA) is 46.9 Å². The van der Waals surface area contributed by atoms with E-state index >= 15 is 0 Å². The molecule has 0 aliphatic heterocycles. The molecule has 0 radical (unpaired) electrons. The molecule has 0 amide bonds. The second-order valence-electron chi connectivity index (χ2n) is 4.77. The van der Waals surface area contributed by atoms with Crippen LogP contribution in [0.15, 0.2) is 48.5 Å². The summed E-state index contributed by atoms with van der Waals surface area (Å²) in [5.41, 5.74) is 1.70. The van der Waals surface area contributed by atoms with E-state index in [1.165, 1.54) is 0 Å². The van der Waals surface area contributed by atoms with Crippen LogP contribution >= 0.6 is 24.8 Å². The van der Waals surface area contributed by atoms with Gasteiger partial charge in [0.15, 0.2) is 0 Å². The van der Waals surface area contributed by atoms with Crippen molar-refractivity contribution in [1.82, 2.24) is 0 Å². The van der Waals surface area contributed by atoms with E-state index in [0.29, 0.717) is 11.5 Å². The van der Waals surface area contributed by atoms with Crippen LogP contribution in [-0.2, 0) is 26.2 Å². The van der Waals surface area contributed by atoms with Gasteiger partial charge in [-0.15, -0.1) is 24.8 Å². The molecule has 2 aromatic rings. The van der Waals surface area contributed by atoms with Gasteiger partial charge in [0.25, 0.3) is 0 Å². The minimum atomic E-state index is 0. The molecule has 4 nitrogen and oxygen atoms in total. The molecular formula is C16H24Cl2N2O2Zr. The number of benzene rings is 2. The summed E-state index contributed by atoms with van der Waals surface area (Å²) in [6, 6.07) is 14.5. The summed E-state index contributed by atoms with van der Waals surface area (Å²) in [5.74, 6) is 0.653. The molecule has 0 aliphatic rings. The first-order chi connectivity index (χ1) is 9.43. The Morgan fingerprint density at radius 2 is 0.870 bits per heavy atom. The van der Waals surface area contributed by atoms with E-state index in [4.69, 9.17) is 0 Å². The molecule has 0 saturated heterocycles. The molecule has 0 fully saturated rings. The van der Waals surface area contributed by atoms with E-state index in [2.05, 4.69) is 0 Å². The van der Waals surface area contributed by atoms with Crippen LogP contribution in [-0.4, -0.2) is 38.4 Å². The molecule has 0 spiro atoms. The number of anilines is 2. The number of hydrogen-bond donors (Lipinski definition) is 2. The fraction of sp³-hybridized carbons (Fsp3) is 0.250. The van der Waals surface area contributed by atoms with Gasteiger partial charge < -0.3 is 20.0 Å². The number of halogens is 2. The average Bonchev–Trinajstić information content (AvgIpc) is 2.40. The molecule has 0 saturated carbocycles. The van der Waals surface area contributed by atoms with Crippen molar-refractivity contribution in [3.63, 3.8) is 0 Å². The second-order valence-corrected chi connectivity index (χ2v) is 4.77. The Balaban J connectivity index is -0.000000308. The number of aromatic hydroxyl groups is 2. The third-order valence-electron chi connectivity index (χ3n) is 2.73. The minimum absolute atomic E-state index is 0. The zero-order valence-corrected chi connectivity index (χ0v) is 17.8. The van der Waals surface area contributed by atoms with Crippen molar-refractivity contribution in [2.45, 2.75) is 0 Å². The first-order valence-corrected chi connectivity index (χ1v) is 6.34. The molecule has 7 heteroatoms. The average molecular weight is 439 g/mol. The Morgan fingerprint density at radius 3 is 1.04 bits per heavy atom. The molecule has 0 bridgehead atoms. The molecule has 2 N–H and O–H groups in total. The van der Waals surface area contributed by atoms with E-state index in [1.54, 1.807) is 12.1 Å². The van der Waals surface area contributed by atoms with E-state index < -0.39 is 0 Å². The first kappa shape index (κ1) is 27.0. The van der Waals surface area contributed by atoms with Gasteiger partial charge in [-0.2, -0.15) is 0 Å². The van der Waals surface area contributed by atoms with Gasteiger partial charge in [0, 0.05) is 54.4 Å². The van der Waals surface area contributed by atoms with Crippen LogP contribution < -0.4 is 9.80 Å².